The van der Waals surface area contributed by atoms with Crippen LogP contribution in [0.1, 0.15) is 59.8 Å². The molecular weight excluding hydrogens is 541 g/mol. The lowest BCUT2D eigenvalue weighted by molar-refractivity contribution is -0.0771. The van der Waals surface area contributed by atoms with Gasteiger partial charge in [0, 0.05) is 70.6 Å². The molecule has 3 fully saturated rings. The van der Waals surface area contributed by atoms with Gasteiger partial charge in [0.1, 0.15) is 18.3 Å². The number of nitrogens with zero attached hydrogens (tertiary/aromatic N) is 6. The summed E-state index contributed by atoms with van der Waals surface area (Å²) in [6.45, 7) is 12.9. The number of likely N-dealkylation sites (tertiary alicyclic amines) is 1. The molecule has 3 atom stereocenters. The van der Waals surface area contributed by atoms with Gasteiger partial charge in [0.15, 0.2) is 11.6 Å². The number of allylic oxidation sites excluding steroid dienone is 3. The van der Waals surface area contributed by atoms with Crippen molar-refractivity contribution in [2.45, 2.75) is 77.9 Å². The van der Waals surface area contributed by atoms with E-state index in [9.17, 15) is 13.2 Å². The molecule has 0 amide bonds. The summed E-state index contributed by atoms with van der Waals surface area (Å²) in [6.07, 6.45) is 11.2. The normalized spacial score (nSPS) is 28.2. The third-order valence-electron chi connectivity index (χ3n) is 9.05. The van der Waals surface area contributed by atoms with Crippen molar-refractivity contribution < 1.29 is 17.9 Å². The van der Waals surface area contributed by atoms with Gasteiger partial charge < -0.3 is 19.4 Å². The van der Waals surface area contributed by atoms with E-state index >= 15 is 0 Å². The molecule has 1 spiro atoms. The monoisotopic (exact) mass is 586 g/mol. The zero-order valence-electron chi connectivity index (χ0n) is 25.6. The Balaban J connectivity index is 0.000000271. The van der Waals surface area contributed by atoms with Gasteiger partial charge in [-0.2, -0.15) is 0 Å². The molecule has 1 unspecified atom stereocenters. The molecule has 1 aromatic heterocycles. The Morgan fingerprint density at radius 3 is 2.55 bits per heavy atom. The van der Waals surface area contributed by atoms with E-state index in [2.05, 4.69) is 57.5 Å². The summed E-state index contributed by atoms with van der Waals surface area (Å²) < 4.78 is 46.9. The number of hydrogen-bond donors (Lipinski definition) is 0. The third kappa shape index (κ3) is 7.01. The highest BCUT2D eigenvalue weighted by Crippen LogP contribution is 2.45. The molecule has 2 saturated heterocycles. The molecule has 1 saturated carbocycles. The predicted molar refractivity (Wildman–Crippen MR) is 161 cm³/mol. The van der Waals surface area contributed by atoms with E-state index in [0.717, 1.165) is 50.5 Å². The van der Waals surface area contributed by atoms with Crippen LogP contribution in [0.25, 0.3) is 0 Å². The maximum Gasteiger partial charge on any atom is 0.248 e. The Morgan fingerprint density at radius 2 is 1.90 bits per heavy atom. The molecule has 0 N–H and O–H groups in total. The van der Waals surface area contributed by atoms with Gasteiger partial charge in [-0.15, -0.1) is 0 Å². The second kappa shape index (κ2) is 12.4. The van der Waals surface area contributed by atoms with Crippen molar-refractivity contribution in [3.8, 4) is 5.75 Å². The van der Waals surface area contributed by atoms with Crippen LogP contribution in [0.3, 0.4) is 0 Å². The van der Waals surface area contributed by atoms with Crippen molar-refractivity contribution in [3.63, 3.8) is 0 Å². The highest BCUT2D eigenvalue weighted by atomic mass is 19.3. The third-order valence-corrected chi connectivity index (χ3v) is 9.05. The summed E-state index contributed by atoms with van der Waals surface area (Å²) >= 11 is 0. The summed E-state index contributed by atoms with van der Waals surface area (Å²) in [5.41, 5.74) is 2.44. The van der Waals surface area contributed by atoms with Crippen molar-refractivity contribution >= 4 is 12.2 Å². The van der Waals surface area contributed by atoms with Crippen LogP contribution >= 0.6 is 0 Å². The van der Waals surface area contributed by atoms with Crippen molar-refractivity contribution in [1.82, 2.24) is 19.8 Å². The zero-order valence-corrected chi connectivity index (χ0v) is 25.6. The minimum Gasteiger partial charge on any atom is -0.452 e. The van der Waals surface area contributed by atoms with E-state index < -0.39 is 12.1 Å². The first-order valence-electron chi connectivity index (χ1n) is 15.2. The van der Waals surface area contributed by atoms with Crippen LogP contribution < -0.4 is 9.64 Å². The van der Waals surface area contributed by atoms with Crippen LogP contribution in [0.4, 0.5) is 19.0 Å². The molecule has 5 aliphatic rings. The van der Waals surface area contributed by atoms with Gasteiger partial charge in [-0.05, 0) is 61.8 Å². The van der Waals surface area contributed by atoms with Crippen LogP contribution in [0, 0.1) is 17.3 Å². The highest BCUT2D eigenvalue weighted by molar-refractivity contribution is 5.59. The van der Waals surface area contributed by atoms with Crippen LogP contribution in [0.2, 0.25) is 0 Å². The smallest absolute Gasteiger partial charge is 0.248 e. The maximum absolute atomic E-state index is 13.7. The summed E-state index contributed by atoms with van der Waals surface area (Å²) in [5, 5.41) is 0. The van der Waals surface area contributed by atoms with Crippen molar-refractivity contribution in [2.75, 3.05) is 44.7 Å². The molecule has 230 valence electrons. The molecule has 1 aromatic rings. The SMILES string of the molecule is CC1=C(Oc2cncnc2N2CC3(CN(CC4CCCC(F)(F)C4)C3)C2)C=C[C@H](F)C1.CC1=CN=CN(C)[C@H]1C(C)C. The number of halogens is 3. The summed E-state index contributed by atoms with van der Waals surface area (Å²) in [7, 11) is 2.07. The Bertz CT molecular complexity index is 1230. The van der Waals surface area contributed by atoms with Crippen molar-refractivity contribution in [1.29, 1.82) is 0 Å². The van der Waals surface area contributed by atoms with Crippen LogP contribution in [-0.4, -0.2) is 84.0 Å². The van der Waals surface area contributed by atoms with E-state index in [1.807, 2.05) is 19.5 Å². The van der Waals surface area contributed by atoms with Crippen LogP contribution in [0.15, 0.2) is 52.8 Å². The standard InChI is InChI=1S/C23H29F3N4O.C9H16N2/c1-16-7-18(24)4-5-19(16)31-20-9-27-15-28-21(20)30-13-22(14-30)11-29(12-22)10-17-3-2-6-23(25,26)8-17;1-7(2)9-8(3)5-10-6-11(9)4/h4-5,9,15,17-18H,2-3,6-8,10-14H2,1H3;5-7,9H,1-4H3/t17?,18-;9-/m00/s1. The average Bonchev–Trinajstić information content (AvgIpc) is 2.86. The summed E-state index contributed by atoms with van der Waals surface area (Å²) in [5.74, 6) is 0.274. The lowest BCUT2D eigenvalue weighted by atomic mass is 9.72. The van der Waals surface area contributed by atoms with Gasteiger partial charge in [0.2, 0.25) is 5.92 Å². The number of alkyl halides is 3. The average molecular weight is 587 g/mol. The van der Waals surface area contributed by atoms with Crippen LogP contribution in [0.5, 0.6) is 5.75 Å². The lowest BCUT2D eigenvalue weighted by Crippen LogP contribution is -2.72. The number of likely N-dealkylation sites (N-methyl/N-ethyl adjacent to an activating group) is 1. The minimum atomic E-state index is -2.48. The first kappa shape index (κ1) is 30.6. The van der Waals surface area contributed by atoms with Gasteiger partial charge in [-0.1, -0.05) is 13.8 Å². The van der Waals surface area contributed by atoms with Gasteiger partial charge in [-0.3, -0.25) is 0 Å². The molecule has 7 nitrogen and oxygen atoms in total. The van der Waals surface area contributed by atoms with Crippen LogP contribution in [-0.2, 0) is 0 Å². The largest absolute Gasteiger partial charge is 0.452 e. The molecule has 0 bridgehead atoms. The number of anilines is 1. The molecule has 6 rings (SSSR count). The Morgan fingerprint density at radius 1 is 1.14 bits per heavy atom. The number of aliphatic imine (C=N–C) groups is 1. The predicted octanol–water partition coefficient (Wildman–Crippen LogP) is 6.26. The fraction of sp³-hybridized carbons (Fsp3) is 0.656. The second-order valence-electron chi connectivity index (χ2n) is 13.4. The molecular formula is C32H45F3N6O. The molecule has 3 aliphatic heterocycles. The number of aromatic nitrogens is 2. The van der Waals surface area contributed by atoms with E-state index in [-0.39, 0.29) is 24.2 Å². The van der Waals surface area contributed by atoms with Gasteiger partial charge >= 0.3 is 0 Å². The van der Waals surface area contributed by atoms with Crippen molar-refractivity contribution in [2.24, 2.45) is 22.2 Å². The first-order valence-corrected chi connectivity index (χ1v) is 15.2. The van der Waals surface area contributed by atoms with Gasteiger partial charge in [0.05, 0.1) is 18.6 Å². The Kier molecular flexibility index (Phi) is 9.02. The van der Waals surface area contributed by atoms with Gasteiger partial charge in [-0.25, -0.2) is 28.1 Å². The maximum atomic E-state index is 13.7. The summed E-state index contributed by atoms with van der Waals surface area (Å²) in [6, 6.07) is 0.535. The number of rotatable bonds is 6. The van der Waals surface area contributed by atoms with E-state index in [1.165, 1.54) is 18.0 Å². The number of ether oxygens (including phenoxy) is 1. The van der Waals surface area contributed by atoms with Gasteiger partial charge in [0.25, 0.3) is 0 Å². The molecule has 2 aliphatic carbocycles. The fourth-order valence-corrected chi connectivity index (χ4v) is 7.32. The molecule has 10 heteroatoms. The number of hydrogen-bond acceptors (Lipinski definition) is 7. The van der Waals surface area contributed by atoms with Crippen molar-refractivity contribution in [3.05, 3.63) is 47.8 Å². The minimum absolute atomic E-state index is 0.0388. The first-order chi connectivity index (χ1) is 19.9. The molecule has 0 aromatic carbocycles. The lowest BCUT2D eigenvalue weighted by Gasteiger charge is -2.61. The van der Waals surface area contributed by atoms with E-state index in [0.29, 0.717) is 36.3 Å². The van der Waals surface area contributed by atoms with E-state index in [1.54, 1.807) is 12.3 Å². The molecule has 4 heterocycles. The Labute approximate surface area is 248 Å². The Hall–Kier alpha value is -2.88. The molecule has 0 radical (unpaired) electrons. The quantitative estimate of drug-likeness (QED) is 0.392. The zero-order chi connectivity index (χ0) is 30.1. The fourth-order valence-electron chi connectivity index (χ4n) is 7.32. The highest BCUT2D eigenvalue weighted by Gasteiger charge is 2.53. The second-order valence-corrected chi connectivity index (χ2v) is 13.4. The van der Waals surface area contributed by atoms with E-state index in [4.69, 9.17) is 4.74 Å². The molecule has 42 heavy (non-hydrogen) atoms. The topological polar surface area (TPSA) is 57.1 Å². The summed E-state index contributed by atoms with van der Waals surface area (Å²) in [4.78, 5) is 19.3.